The molecule has 0 aliphatic rings. The number of benzene rings is 1. The number of hydrogen-bond acceptors (Lipinski definition) is 4. The van der Waals surface area contributed by atoms with Crippen LogP contribution in [0, 0.1) is 0 Å². The van der Waals surface area contributed by atoms with Crippen LogP contribution < -0.4 is 16.0 Å². The van der Waals surface area contributed by atoms with Crippen molar-refractivity contribution in [1.82, 2.24) is 5.32 Å². The molecule has 0 aliphatic carbocycles. The normalized spacial score (nSPS) is 10.6. The van der Waals surface area contributed by atoms with Crippen LogP contribution in [0.4, 0.5) is 5.69 Å². The number of nitrogens with two attached hydrogens (primary N) is 1. The van der Waals surface area contributed by atoms with Crippen LogP contribution in [0.3, 0.4) is 0 Å². The highest BCUT2D eigenvalue weighted by molar-refractivity contribution is 9.10. The smallest absolute Gasteiger partial charge is 0.236 e. The lowest BCUT2D eigenvalue weighted by Crippen LogP contribution is -2.34. The van der Waals surface area contributed by atoms with Crippen LogP contribution in [-0.2, 0) is 16.1 Å². The Morgan fingerprint density at radius 1 is 1.50 bits per heavy atom. The number of likely N-dealkylation sites (N-methyl/N-ethyl adjacent to an activating group) is 1. The second kappa shape index (κ2) is 8.94. The fraction of sp³-hybridized carbons (Fsp3) is 0.500. The third-order valence-corrected chi connectivity index (χ3v) is 3.41. The summed E-state index contributed by atoms with van der Waals surface area (Å²) in [5, 5.41) is 3.31. The Labute approximate surface area is 128 Å². The summed E-state index contributed by atoms with van der Waals surface area (Å²) in [6, 6.07) is 6.05. The summed E-state index contributed by atoms with van der Waals surface area (Å²) in [7, 11) is 1.68. The summed E-state index contributed by atoms with van der Waals surface area (Å²) in [6.07, 6.45) is 0. The Bertz CT molecular complexity index is 440. The van der Waals surface area contributed by atoms with Crippen LogP contribution in [0.5, 0.6) is 0 Å². The van der Waals surface area contributed by atoms with E-state index in [9.17, 15) is 4.79 Å². The lowest BCUT2D eigenvalue weighted by atomic mass is 10.1. The van der Waals surface area contributed by atoms with E-state index < -0.39 is 0 Å². The number of methoxy groups -OCH3 is 1. The van der Waals surface area contributed by atoms with Crippen molar-refractivity contribution in [2.75, 3.05) is 38.3 Å². The van der Waals surface area contributed by atoms with Gasteiger partial charge >= 0.3 is 0 Å². The molecule has 1 amide bonds. The average molecular weight is 344 g/mol. The van der Waals surface area contributed by atoms with Gasteiger partial charge in [-0.05, 0) is 24.6 Å². The van der Waals surface area contributed by atoms with Gasteiger partial charge < -0.3 is 20.7 Å². The topological polar surface area (TPSA) is 67.6 Å². The van der Waals surface area contributed by atoms with Gasteiger partial charge in [0.1, 0.15) is 0 Å². The number of nitrogens with zero attached hydrogens (tertiary/aromatic N) is 1. The molecule has 0 saturated carbocycles. The molecule has 0 heterocycles. The number of primary amides is 1. The minimum absolute atomic E-state index is 0.220. The lowest BCUT2D eigenvalue weighted by molar-refractivity contribution is -0.116. The molecule has 3 N–H and O–H groups in total. The number of nitrogens with one attached hydrogen (secondary N) is 1. The Morgan fingerprint density at radius 2 is 2.25 bits per heavy atom. The number of hydrogen-bond donors (Lipinski definition) is 2. The minimum Gasteiger partial charge on any atom is -0.383 e. The highest BCUT2D eigenvalue weighted by Crippen LogP contribution is 2.25. The molecule has 0 aliphatic heterocycles. The molecule has 0 aromatic heterocycles. The predicted octanol–water partition coefficient (Wildman–Crippen LogP) is 1.50. The van der Waals surface area contributed by atoms with Crippen molar-refractivity contribution in [3.63, 3.8) is 0 Å². The minimum atomic E-state index is -0.329. The largest absolute Gasteiger partial charge is 0.383 e. The summed E-state index contributed by atoms with van der Waals surface area (Å²) in [5.74, 6) is -0.329. The number of ether oxygens (including phenoxy) is 1. The SMILES string of the molecule is CCN(CC(N)=O)c1cc(Br)ccc1CNCCOC. The zero-order chi connectivity index (χ0) is 15.0. The van der Waals surface area contributed by atoms with Crippen LogP contribution in [0.15, 0.2) is 22.7 Å². The van der Waals surface area contributed by atoms with E-state index in [1.54, 1.807) is 7.11 Å². The molecule has 0 bridgehead atoms. The van der Waals surface area contributed by atoms with Crippen LogP contribution in [0.2, 0.25) is 0 Å². The third-order valence-electron chi connectivity index (χ3n) is 2.91. The van der Waals surface area contributed by atoms with Gasteiger partial charge in [0.2, 0.25) is 5.91 Å². The molecule has 0 radical (unpaired) electrons. The van der Waals surface area contributed by atoms with E-state index in [-0.39, 0.29) is 12.5 Å². The van der Waals surface area contributed by atoms with Gasteiger partial charge in [-0.2, -0.15) is 0 Å². The number of halogens is 1. The summed E-state index contributed by atoms with van der Waals surface area (Å²) in [4.78, 5) is 13.1. The van der Waals surface area contributed by atoms with Gasteiger partial charge in [-0.3, -0.25) is 4.79 Å². The van der Waals surface area contributed by atoms with Gasteiger partial charge in [0.15, 0.2) is 0 Å². The highest BCUT2D eigenvalue weighted by Gasteiger charge is 2.12. The molecule has 5 nitrogen and oxygen atoms in total. The molecule has 1 aromatic rings. The predicted molar refractivity (Wildman–Crippen MR) is 84.8 cm³/mol. The maximum atomic E-state index is 11.2. The highest BCUT2D eigenvalue weighted by atomic mass is 79.9. The second-order valence-electron chi connectivity index (χ2n) is 4.42. The Hall–Kier alpha value is -1.11. The van der Waals surface area contributed by atoms with Gasteiger partial charge in [-0.1, -0.05) is 22.0 Å². The van der Waals surface area contributed by atoms with Crippen molar-refractivity contribution in [1.29, 1.82) is 0 Å². The molecule has 6 heteroatoms. The fourth-order valence-electron chi connectivity index (χ4n) is 1.93. The maximum Gasteiger partial charge on any atom is 0.236 e. The number of carbonyl (C=O) groups excluding carboxylic acids is 1. The molecular weight excluding hydrogens is 322 g/mol. The first-order chi connectivity index (χ1) is 9.58. The van der Waals surface area contributed by atoms with Crippen molar-refractivity contribution >= 4 is 27.5 Å². The summed E-state index contributed by atoms with van der Waals surface area (Å²) in [5.41, 5.74) is 7.46. The monoisotopic (exact) mass is 343 g/mol. The molecule has 0 spiro atoms. The van der Waals surface area contributed by atoms with E-state index in [1.807, 2.05) is 30.0 Å². The van der Waals surface area contributed by atoms with E-state index in [2.05, 4.69) is 21.2 Å². The van der Waals surface area contributed by atoms with E-state index >= 15 is 0 Å². The molecule has 20 heavy (non-hydrogen) atoms. The van der Waals surface area contributed by atoms with E-state index in [4.69, 9.17) is 10.5 Å². The molecule has 0 atom stereocenters. The van der Waals surface area contributed by atoms with Gasteiger partial charge in [0, 0.05) is 36.9 Å². The molecule has 1 aromatic carbocycles. The summed E-state index contributed by atoms with van der Waals surface area (Å²) in [6.45, 7) is 5.13. The lowest BCUT2D eigenvalue weighted by Gasteiger charge is -2.25. The Kier molecular flexibility index (Phi) is 7.58. The fourth-order valence-corrected chi connectivity index (χ4v) is 2.28. The Morgan fingerprint density at radius 3 is 2.85 bits per heavy atom. The second-order valence-corrected chi connectivity index (χ2v) is 5.34. The maximum absolute atomic E-state index is 11.2. The molecular formula is C14H22BrN3O2. The van der Waals surface area contributed by atoms with Crippen molar-refractivity contribution in [2.45, 2.75) is 13.5 Å². The van der Waals surface area contributed by atoms with E-state index in [0.717, 1.165) is 35.4 Å². The quantitative estimate of drug-likeness (QED) is 0.666. The van der Waals surface area contributed by atoms with Crippen molar-refractivity contribution in [3.05, 3.63) is 28.2 Å². The van der Waals surface area contributed by atoms with Crippen LogP contribution in [0.1, 0.15) is 12.5 Å². The number of rotatable bonds is 9. The number of carbonyl (C=O) groups is 1. The first kappa shape index (κ1) is 16.9. The third kappa shape index (κ3) is 5.48. The van der Waals surface area contributed by atoms with Crippen LogP contribution in [0.25, 0.3) is 0 Å². The Balaban J connectivity index is 2.85. The van der Waals surface area contributed by atoms with Crippen molar-refractivity contribution < 1.29 is 9.53 Å². The molecule has 112 valence electrons. The van der Waals surface area contributed by atoms with Gasteiger partial charge in [0.25, 0.3) is 0 Å². The summed E-state index contributed by atoms with van der Waals surface area (Å²) < 4.78 is 5.99. The molecule has 0 saturated heterocycles. The van der Waals surface area contributed by atoms with E-state index in [1.165, 1.54) is 0 Å². The molecule has 1 rings (SSSR count). The van der Waals surface area contributed by atoms with Crippen molar-refractivity contribution in [2.24, 2.45) is 5.73 Å². The molecule has 0 unspecified atom stereocenters. The summed E-state index contributed by atoms with van der Waals surface area (Å²) >= 11 is 3.47. The molecule has 0 fully saturated rings. The van der Waals surface area contributed by atoms with Crippen LogP contribution >= 0.6 is 15.9 Å². The first-order valence-electron chi connectivity index (χ1n) is 6.59. The first-order valence-corrected chi connectivity index (χ1v) is 7.39. The average Bonchev–Trinajstić information content (AvgIpc) is 2.42. The zero-order valence-corrected chi connectivity index (χ0v) is 13.6. The number of anilines is 1. The van der Waals surface area contributed by atoms with Gasteiger partial charge in [-0.25, -0.2) is 0 Å². The number of amides is 1. The van der Waals surface area contributed by atoms with Crippen molar-refractivity contribution in [3.8, 4) is 0 Å². The standard InChI is InChI=1S/C14H22BrN3O2/c1-3-18(10-14(16)19)13-8-12(15)5-4-11(13)9-17-6-7-20-2/h4-5,8,17H,3,6-7,9-10H2,1-2H3,(H2,16,19). The zero-order valence-electron chi connectivity index (χ0n) is 12.0. The van der Waals surface area contributed by atoms with E-state index in [0.29, 0.717) is 6.61 Å². The van der Waals surface area contributed by atoms with Crippen LogP contribution in [-0.4, -0.2) is 39.3 Å². The van der Waals surface area contributed by atoms with Gasteiger partial charge in [-0.15, -0.1) is 0 Å². The van der Waals surface area contributed by atoms with Gasteiger partial charge in [0.05, 0.1) is 13.2 Å².